The monoisotopic (exact) mass is 500 g/mol. The van der Waals surface area contributed by atoms with Gasteiger partial charge in [-0.15, -0.1) is 10.2 Å². The van der Waals surface area contributed by atoms with Crippen molar-refractivity contribution >= 4 is 11.8 Å². The zero-order valence-electron chi connectivity index (χ0n) is 19.9. The van der Waals surface area contributed by atoms with E-state index in [4.69, 9.17) is 14.0 Å². The fourth-order valence-corrected chi connectivity index (χ4v) is 4.41. The Kier molecular flexibility index (Phi) is 7.23. The molecule has 5 aromatic rings. The molecular formula is C26H24N6O3S. The lowest BCUT2D eigenvalue weighted by Crippen LogP contribution is -2.00. The highest BCUT2D eigenvalue weighted by Gasteiger charge is 2.19. The number of benzene rings is 2. The molecule has 0 spiro atoms. The first kappa shape index (κ1) is 23.6. The van der Waals surface area contributed by atoms with E-state index in [0.717, 1.165) is 28.3 Å². The minimum atomic E-state index is 0.426. The molecule has 0 N–H and O–H groups in total. The maximum atomic E-state index is 5.70. The van der Waals surface area contributed by atoms with E-state index in [1.165, 1.54) is 11.8 Å². The molecular weight excluding hydrogens is 476 g/mol. The van der Waals surface area contributed by atoms with Crippen LogP contribution in [0, 0.1) is 0 Å². The number of aromatic nitrogens is 6. The van der Waals surface area contributed by atoms with Gasteiger partial charge in [-0.3, -0.25) is 9.55 Å². The van der Waals surface area contributed by atoms with Gasteiger partial charge in [-0.25, -0.2) is 0 Å². The van der Waals surface area contributed by atoms with Gasteiger partial charge in [0.1, 0.15) is 11.5 Å². The van der Waals surface area contributed by atoms with E-state index in [1.54, 1.807) is 12.4 Å². The Morgan fingerprint density at radius 2 is 1.67 bits per heavy atom. The number of thioether (sulfide) groups is 1. The Bertz CT molecular complexity index is 1420. The zero-order valence-corrected chi connectivity index (χ0v) is 20.7. The predicted octanol–water partition coefficient (Wildman–Crippen LogP) is 5.47. The normalized spacial score (nSPS) is 10.9. The van der Waals surface area contributed by atoms with Crippen LogP contribution >= 0.6 is 11.8 Å². The Morgan fingerprint density at radius 3 is 2.44 bits per heavy atom. The Hall–Kier alpha value is -4.18. The number of ether oxygens (including phenoxy) is 2. The van der Waals surface area contributed by atoms with Crippen LogP contribution in [0.5, 0.6) is 11.5 Å². The molecule has 0 amide bonds. The summed E-state index contributed by atoms with van der Waals surface area (Å²) in [4.78, 5) is 8.69. The number of pyridine rings is 1. The summed E-state index contributed by atoms with van der Waals surface area (Å²) in [5, 5.41) is 13.8. The van der Waals surface area contributed by atoms with Crippen LogP contribution in [-0.4, -0.2) is 43.1 Å². The molecule has 0 bridgehead atoms. The molecule has 0 atom stereocenters. The van der Waals surface area contributed by atoms with Crippen LogP contribution in [0.4, 0.5) is 0 Å². The van der Waals surface area contributed by atoms with Crippen LogP contribution in [0.3, 0.4) is 0 Å². The summed E-state index contributed by atoms with van der Waals surface area (Å²) in [5.74, 6) is 3.63. The molecule has 3 heterocycles. The SMILES string of the molecule is CCOc1ccc(-n2c(SCc3nc(-c4ccccc4OCC)no3)nnc2-c2ccncc2)cc1. The smallest absolute Gasteiger partial charge is 0.237 e. The van der Waals surface area contributed by atoms with Crippen molar-refractivity contribution in [3.05, 3.63) is 78.9 Å². The standard InChI is InChI=1S/C26H24N6O3S/c1-3-33-20-11-9-19(10-12-20)32-25(18-13-15-27-16-14-18)29-30-26(32)36-17-23-28-24(31-35-23)21-7-5-6-8-22(21)34-4-2/h5-16H,3-4,17H2,1-2H3. The molecule has 9 nitrogen and oxygen atoms in total. The van der Waals surface area contributed by atoms with Crippen molar-refractivity contribution in [1.29, 1.82) is 0 Å². The first-order chi connectivity index (χ1) is 17.8. The molecule has 0 saturated heterocycles. The van der Waals surface area contributed by atoms with E-state index < -0.39 is 0 Å². The van der Waals surface area contributed by atoms with Gasteiger partial charge in [-0.2, -0.15) is 4.98 Å². The lowest BCUT2D eigenvalue weighted by Gasteiger charge is -2.11. The van der Waals surface area contributed by atoms with Crippen molar-refractivity contribution in [2.24, 2.45) is 0 Å². The molecule has 0 fully saturated rings. The molecule has 182 valence electrons. The zero-order chi connectivity index (χ0) is 24.7. The molecule has 0 aliphatic heterocycles. The fraction of sp³-hybridized carbons (Fsp3) is 0.192. The number of nitrogens with zero attached hydrogens (tertiary/aromatic N) is 6. The lowest BCUT2D eigenvalue weighted by atomic mass is 10.2. The maximum Gasteiger partial charge on any atom is 0.237 e. The Labute approximate surface area is 212 Å². The van der Waals surface area contributed by atoms with E-state index in [1.807, 2.05) is 79.1 Å². The summed E-state index contributed by atoms with van der Waals surface area (Å²) in [6.07, 6.45) is 3.47. The van der Waals surface area contributed by atoms with Gasteiger partial charge in [0, 0.05) is 23.6 Å². The summed E-state index contributed by atoms with van der Waals surface area (Å²) in [5.41, 5.74) is 2.61. The molecule has 0 radical (unpaired) electrons. The van der Waals surface area contributed by atoms with Gasteiger partial charge in [0.25, 0.3) is 0 Å². The lowest BCUT2D eigenvalue weighted by molar-refractivity contribution is 0.340. The molecule has 0 aliphatic rings. The minimum Gasteiger partial charge on any atom is -0.494 e. The average molecular weight is 501 g/mol. The highest BCUT2D eigenvalue weighted by Crippen LogP contribution is 2.32. The van der Waals surface area contributed by atoms with Gasteiger partial charge in [0.15, 0.2) is 11.0 Å². The third kappa shape index (κ3) is 5.08. The Balaban J connectivity index is 1.42. The van der Waals surface area contributed by atoms with E-state index in [9.17, 15) is 0 Å². The molecule has 0 aliphatic carbocycles. The van der Waals surface area contributed by atoms with Gasteiger partial charge >= 0.3 is 0 Å². The van der Waals surface area contributed by atoms with Crippen LogP contribution in [0.2, 0.25) is 0 Å². The molecule has 3 aromatic heterocycles. The van der Waals surface area contributed by atoms with Crippen LogP contribution < -0.4 is 9.47 Å². The third-order valence-electron chi connectivity index (χ3n) is 5.20. The van der Waals surface area contributed by atoms with Crippen molar-refractivity contribution in [1.82, 2.24) is 29.9 Å². The van der Waals surface area contributed by atoms with E-state index in [2.05, 4.69) is 25.3 Å². The number of hydrogen-bond acceptors (Lipinski definition) is 9. The van der Waals surface area contributed by atoms with Gasteiger partial charge < -0.3 is 14.0 Å². The average Bonchev–Trinajstić information content (AvgIpc) is 3.57. The van der Waals surface area contributed by atoms with Crippen molar-refractivity contribution < 1.29 is 14.0 Å². The minimum absolute atomic E-state index is 0.426. The summed E-state index contributed by atoms with van der Waals surface area (Å²) < 4.78 is 18.8. The molecule has 2 aromatic carbocycles. The summed E-state index contributed by atoms with van der Waals surface area (Å²) >= 11 is 1.46. The summed E-state index contributed by atoms with van der Waals surface area (Å²) in [6.45, 7) is 5.06. The van der Waals surface area contributed by atoms with Gasteiger partial charge in [0.05, 0.1) is 24.5 Å². The molecule has 0 unspecified atom stereocenters. The number of hydrogen-bond donors (Lipinski definition) is 0. The number of rotatable bonds is 10. The Morgan fingerprint density at radius 1 is 0.889 bits per heavy atom. The van der Waals surface area contributed by atoms with Crippen LogP contribution in [-0.2, 0) is 5.75 Å². The largest absolute Gasteiger partial charge is 0.494 e. The van der Waals surface area contributed by atoms with Crippen molar-refractivity contribution in [3.8, 4) is 40.0 Å². The van der Waals surface area contributed by atoms with Crippen LogP contribution in [0.1, 0.15) is 19.7 Å². The second-order valence-electron chi connectivity index (χ2n) is 7.53. The molecule has 36 heavy (non-hydrogen) atoms. The highest BCUT2D eigenvalue weighted by atomic mass is 32.2. The van der Waals surface area contributed by atoms with Gasteiger partial charge in [-0.1, -0.05) is 29.1 Å². The molecule has 5 rings (SSSR count). The highest BCUT2D eigenvalue weighted by molar-refractivity contribution is 7.98. The van der Waals surface area contributed by atoms with Crippen molar-refractivity contribution in [2.75, 3.05) is 13.2 Å². The second-order valence-corrected chi connectivity index (χ2v) is 8.48. The topological polar surface area (TPSA) is 101 Å². The quantitative estimate of drug-likeness (QED) is 0.231. The molecule has 0 saturated carbocycles. The first-order valence-electron chi connectivity index (χ1n) is 11.5. The summed E-state index contributed by atoms with van der Waals surface area (Å²) in [6, 6.07) is 19.3. The van der Waals surface area contributed by atoms with Crippen molar-refractivity contribution in [2.45, 2.75) is 24.8 Å². The van der Waals surface area contributed by atoms with E-state index in [-0.39, 0.29) is 0 Å². The number of para-hydroxylation sites is 1. The summed E-state index contributed by atoms with van der Waals surface area (Å²) in [7, 11) is 0. The fourth-order valence-electron chi connectivity index (χ4n) is 3.62. The molecule has 10 heteroatoms. The van der Waals surface area contributed by atoms with Crippen LogP contribution in [0.25, 0.3) is 28.5 Å². The maximum absolute atomic E-state index is 5.70. The first-order valence-corrected chi connectivity index (χ1v) is 12.5. The predicted molar refractivity (Wildman–Crippen MR) is 136 cm³/mol. The van der Waals surface area contributed by atoms with Gasteiger partial charge in [0.2, 0.25) is 11.7 Å². The third-order valence-corrected chi connectivity index (χ3v) is 6.11. The van der Waals surface area contributed by atoms with Crippen molar-refractivity contribution in [3.63, 3.8) is 0 Å². The van der Waals surface area contributed by atoms with Crippen LogP contribution in [0.15, 0.2) is 82.7 Å². The van der Waals surface area contributed by atoms with E-state index >= 15 is 0 Å². The van der Waals surface area contributed by atoms with E-state index in [0.29, 0.717) is 41.7 Å². The second kappa shape index (κ2) is 11.0. The van der Waals surface area contributed by atoms with Gasteiger partial charge in [-0.05, 0) is 62.4 Å².